The second-order valence-corrected chi connectivity index (χ2v) is 13.9. The Hall–Kier alpha value is -2.24. The van der Waals surface area contributed by atoms with Gasteiger partial charge in [0.25, 0.3) is 23.5 Å². The van der Waals surface area contributed by atoms with Crippen molar-refractivity contribution in [3.05, 3.63) is 16.8 Å². The number of imidazole rings is 1. The molecule has 1 aliphatic heterocycles. The Balaban J connectivity index is 1.76. The molecule has 0 aliphatic carbocycles. The molecule has 0 spiro atoms. The summed E-state index contributed by atoms with van der Waals surface area (Å²) in [5.74, 6) is -0.366. The number of phosphoric ester groups is 1. The van der Waals surface area contributed by atoms with E-state index < -0.39 is 78.8 Å². The fraction of sp³-hybridized carbons (Fsp3) is 0.611. The van der Waals surface area contributed by atoms with Gasteiger partial charge in [-0.2, -0.15) is 0 Å². The highest BCUT2D eigenvalue weighted by Crippen LogP contribution is 2.61. The van der Waals surface area contributed by atoms with Gasteiger partial charge in [0.15, 0.2) is 17.0 Å². The van der Waals surface area contributed by atoms with Crippen LogP contribution in [0.3, 0.4) is 0 Å². The van der Waals surface area contributed by atoms with Crippen molar-refractivity contribution >= 4 is 58.9 Å². The fourth-order valence-corrected chi connectivity index (χ4v) is 6.93. The average molecular weight is 722 g/mol. The number of phosphoric acid groups is 3. The number of amides is 2. The van der Waals surface area contributed by atoms with Crippen LogP contribution in [0.5, 0.6) is 0 Å². The molecule has 3 rings (SSSR count). The zero-order valence-electron chi connectivity index (χ0n) is 23.0. The van der Waals surface area contributed by atoms with Gasteiger partial charge in [-0.25, -0.2) is 23.4 Å². The van der Waals surface area contributed by atoms with E-state index in [1.165, 1.54) is 17.8 Å². The highest BCUT2D eigenvalue weighted by Gasteiger charge is 2.48. The molecule has 23 nitrogen and oxygen atoms in total. The number of rotatable bonds is 14. The second kappa shape index (κ2) is 14.7. The Morgan fingerprint density at radius 2 is 1.87 bits per heavy atom. The summed E-state index contributed by atoms with van der Waals surface area (Å²) >= 11 is 5.19. The Kier molecular flexibility index (Phi) is 12.1. The second-order valence-electron chi connectivity index (χ2n) is 9.21. The van der Waals surface area contributed by atoms with Crippen LogP contribution < -0.4 is 31.0 Å². The Labute approximate surface area is 257 Å². The maximum absolute atomic E-state index is 12.6. The van der Waals surface area contributed by atoms with Crippen molar-refractivity contribution in [3.8, 4) is 0 Å². The third-order valence-corrected chi connectivity index (χ3v) is 9.69. The smallest absolute Gasteiger partial charge is 0.407 e. The molecule has 0 radical (unpaired) electrons. The van der Waals surface area contributed by atoms with Crippen LogP contribution in [0.1, 0.15) is 19.0 Å². The van der Waals surface area contributed by atoms with Gasteiger partial charge in [-0.15, -0.1) is 0 Å². The molecule has 1 fully saturated rings. The number of H-pyrrole nitrogens is 1. The highest BCUT2D eigenvalue weighted by atomic mass is 32.1. The number of nitrogens with two attached hydrogens (primary N) is 1. The Morgan fingerprint density at radius 1 is 1.22 bits per heavy atom. The molecule has 0 aromatic carbocycles. The first-order chi connectivity index (χ1) is 20.7. The van der Waals surface area contributed by atoms with Crippen molar-refractivity contribution in [2.45, 2.75) is 50.5 Å². The molecule has 1 saturated heterocycles. The van der Waals surface area contributed by atoms with E-state index in [1.807, 2.05) is 0 Å². The molecule has 0 bridgehead atoms. The zero-order chi connectivity index (χ0) is 33.9. The minimum Gasteiger partial charge on any atom is -0.756 e. The number of hydrogen-bond donors (Lipinski definition) is 7. The average Bonchev–Trinajstić information content (AvgIpc) is 3.43. The van der Waals surface area contributed by atoms with Gasteiger partial charge in [-0.3, -0.25) is 23.1 Å². The molecule has 9 atom stereocenters. The van der Waals surface area contributed by atoms with E-state index >= 15 is 0 Å². The zero-order valence-corrected chi connectivity index (χ0v) is 26.5. The molecule has 1 aliphatic rings. The van der Waals surface area contributed by atoms with Crippen LogP contribution in [-0.2, 0) is 41.1 Å². The molecule has 2 aromatic rings. The summed E-state index contributed by atoms with van der Waals surface area (Å²) in [4.78, 5) is 78.1. The Bertz CT molecular complexity index is 1600. The standard InChI is InChI=1S/C18H30N7O16P3S/c1-7(26)10(19)15(28)20-3-4-21-18(29)39-13-12(27)9(5-37-43(33,34)41-44(35,36)40-42(30,31)32)38-17(13)25-6-22-11-14(25)23-8(2)24-16(11)45/h6-7,9-10,12-13,17,26-27H,3-5,19H2,1-2H3,(H,20,28)(H,21,29)(H,33,34)(H,35,36)(H,23,24,45)(H2,30,31,32)/p-3/t7?,9-,10?,12?,13+,17-/m1/s1. The number of carbonyl (C=O) groups is 2. The molecular formula is C18H27N7O16P3S-3. The third kappa shape index (κ3) is 10.4. The van der Waals surface area contributed by atoms with Gasteiger partial charge in [-0.05, 0) is 13.8 Å². The fourth-order valence-electron chi connectivity index (χ4n) is 3.75. The Morgan fingerprint density at radius 3 is 2.49 bits per heavy atom. The van der Waals surface area contributed by atoms with Crippen molar-refractivity contribution in [2.75, 3.05) is 19.7 Å². The molecule has 2 aromatic heterocycles. The van der Waals surface area contributed by atoms with E-state index in [0.29, 0.717) is 5.82 Å². The molecular weight excluding hydrogens is 695 g/mol. The normalized spacial score (nSPS) is 25.4. The first-order valence-electron chi connectivity index (χ1n) is 12.4. The summed E-state index contributed by atoms with van der Waals surface area (Å²) in [6.07, 6.45) is -7.75. The SMILES string of the molecule is Cc1nc(=S)c2ncn([C@@H]3O[C@H](COP(=O)([O-])OP(=O)([O-])OP(=O)([O-])O)C(O)[C@@H]3OC(=O)NCCNC(=O)C(N)C(C)O)c2[nH]1. The molecule has 2 amide bonds. The topological polar surface area (TPSA) is 358 Å². The maximum atomic E-state index is 12.6. The van der Waals surface area contributed by atoms with Crippen LogP contribution in [0.2, 0.25) is 0 Å². The van der Waals surface area contributed by atoms with Crippen molar-refractivity contribution < 1.29 is 75.7 Å². The number of ether oxygens (including phenoxy) is 2. The summed E-state index contributed by atoms with van der Waals surface area (Å²) in [6, 6.07) is -1.22. The van der Waals surface area contributed by atoms with E-state index in [-0.39, 0.29) is 28.9 Å². The summed E-state index contributed by atoms with van der Waals surface area (Å²) in [5, 5.41) is 25.0. The minimum absolute atomic E-state index is 0.0743. The lowest BCUT2D eigenvalue weighted by Gasteiger charge is -2.33. The molecule has 45 heavy (non-hydrogen) atoms. The molecule has 254 valence electrons. The van der Waals surface area contributed by atoms with Crippen LogP contribution in [0.15, 0.2) is 6.33 Å². The summed E-state index contributed by atoms with van der Waals surface area (Å²) in [7, 11) is -18.1. The first kappa shape index (κ1) is 37.2. The van der Waals surface area contributed by atoms with Gasteiger partial charge in [-0.1, -0.05) is 12.2 Å². The number of carbonyl (C=O) groups excluding carboxylic acids is 2. The van der Waals surface area contributed by atoms with Crippen LogP contribution in [0.25, 0.3) is 11.2 Å². The van der Waals surface area contributed by atoms with Crippen LogP contribution in [-0.4, -0.2) is 96.8 Å². The number of aliphatic hydroxyl groups is 2. The number of aryl methyl sites for hydroxylation is 1. The third-order valence-electron chi connectivity index (χ3n) is 5.71. The number of alkyl carbamates (subject to hydrolysis) is 1. The van der Waals surface area contributed by atoms with Crippen molar-refractivity contribution in [1.82, 2.24) is 30.2 Å². The van der Waals surface area contributed by atoms with Gasteiger partial charge in [0.2, 0.25) is 5.91 Å². The van der Waals surface area contributed by atoms with Crippen LogP contribution >= 0.6 is 35.7 Å². The predicted octanol–water partition coefficient (Wildman–Crippen LogP) is -3.58. The quantitative estimate of drug-likeness (QED) is 0.0563. The lowest BCUT2D eigenvalue weighted by molar-refractivity contribution is -0.250. The van der Waals surface area contributed by atoms with Crippen LogP contribution in [0.4, 0.5) is 4.79 Å². The van der Waals surface area contributed by atoms with Gasteiger partial charge >= 0.3 is 6.09 Å². The van der Waals surface area contributed by atoms with E-state index in [9.17, 15) is 48.2 Å². The first-order valence-corrected chi connectivity index (χ1v) is 17.2. The van der Waals surface area contributed by atoms with Crippen molar-refractivity contribution in [1.29, 1.82) is 0 Å². The predicted molar refractivity (Wildman–Crippen MR) is 141 cm³/mol. The molecule has 6 unspecified atom stereocenters. The monoisotopic (exact) mass is 722 g/mol. The maximum Gasteiger partial charge on any atom is 0.407 e. The van der Waals surface area contributed by atoms with Gasteiger partial charge < -0.3 is 65.1 Å². The van der Waals surface area contributed by atoms with E-state index in [4.69, 9.17) is 32.3 Å². The summed E-state index contributed by atoms with van der Waals surface area (Å²) in [5.41, 5.74) is 5.86. The largest absolute Gasteiger partial charge is 0.756 e. The minimum atomic E-state index is -6.20. The van der Waals surface area contributed by atoms with Gasteiger partial charge in [0, 0.05) is 13.1 Å². The lowest BCUT2D eigenvalue weighted by Crippen LogP contribution is -2.49. The summed E-state index contributed by atoms with van der Waals surface area (Å²) < 4.78 is 57.6. The van der Waals surface area contributed by atoms with Gasteiger partial charge in [0.1, 0.15) is 35.2 Å². The molecule has 0 saturated carbocycles. The van der Waals surface area contributed by atoms with E-state index in [2.05, 4.69) is 38.7 Å². The number of nitrogens with one attached hydrogen (secondary N) is 3. The summed E-state index contributed by atoms with van der Waals surface area (Å²) in [6.45, 7) is 1.35. The van der Waals surface area contributed by atoms with Crippen LogP contribution in [0, 0.1) is 11.6 Å². The number of fused-ring (bicyclic) bond motifs is 1. The van der Waals surface area contributed by atoms with Crippen molar-refractivity contribution in [3.63, 3.8) is 0 Å². The highest BCUT2D eigenvalue weighted by molar-refractivity contribution is 7.71. The number of nitrogens with zero attached hydrogens (tertiary/aromatic N) is 3. The number of aliphatic hydroxyl groups excluding tert-OH is 2. The van der Waals surface area contributed by atoms with Crippen molar-refractivity contribution in [2.24, 2.45) is 5.73 Å². The molecule has 8 N–H and O–H groups in total. The lowest BCUT2D eigenvalue weighted by atomic mass is 10.1. The number of aromatic nitrogens is 4. The van der Waals surface area contributed by atoms with E-state index in [1.54, 1.807) is 6.92 Å². The molecule has 27 heteroatoms. The van der Waals surface area contributed by atoms with E-state index in [0.717, 1.165) is 0 Å². The van der Waals surface area contributed by atoms with Gasteiger partial charge in [0.05, 0.1) is 19.0 Å². The molecule has 3 heterocycles. The number of hydrogen-bond acceptors (Lipinski definition) is 19. The number of aromatic amines is 1.